The number of hydrogen-bond donors (Lipinski definition) is 2. The maximum atomic E-state index is 11.6. The first-order chi connectivity index (χ1) is 12.6. The van der Waals surface area contributed by atoms with Crippen LogP contribution < -0.4 is 10.6 Å². The van der Waals surface area contributed by atoms with E-state index in [9.17, 15) is 4.79 Å². The SMILES string of the molecule is COC(=O)c1cccc(Nc2cnnc(Nc3cccc(Cl)c3Cl)n2)c1. The van der Waals surface area contributed by atoms with Gasteiger partial charge in [-0.15, -0.1) is 5.10 Å². The number of hydrogen-bond acceptors (Lipinski definition) is 7. The van der Waals surface area contributed by atoms with Gasteiger partial charge >= 0.3 is 5.97 Å². The molecule has 132 valence electrons. The van der Waals surface area contributed by atoms with E-state index >= 15 is 0 Å². The third-order valence-electron chi connectivity index (χ3n) is 3.31. The van der Waals surface area contributed by atoms with Crippen LogP contribution in [0.1, 0.15) is 10.4 Å². The normalized spacial score (nSPS) is 10.3. The number of nitrogens with one attached hydrogen (secondary N) is 2. The number of nitrogens with zero attached hydrogens (tertiary/aromatic N) is 3. The van der Waals surface area contributed by atoms with E-state index in [1.807, 2.05) is 0 Å². The molecule has 3 aromatic rings. The second-order valence-corrected chi connectivity index (χ2v) is 5.87. The molecule has 0 bridgehead atoms. The van der Waals surface area contributed by atoms with E-state index in [0.717, 1.165) is 0 Å². The van der Waals surface area contributed by atoms with Gasteiger partial charge in [0.1, 0.15) is 0 Å². The largest absolute Gasteiger partial charge is 0.465 e. The van der Waals surface area contributed by atoms with Gasteiger partial charge in [0, 0.05) is 5.69 Å². The van der Waals surface area contributed by atoms with Crippen molar-refractivity contribution in [2.24, 2.45) is 0 Å². The van der Waals surface area contributed by atoms with E-state index < -0.39 is 5.97 Å². The number of methoxy groups -OCH3 is 1. The van der Waals surface area contributed by atoms with Gasteiger partial charge in [0.05, 0.1) is 34.6 Å². The molecular weight excluding hydrogens is 377 g/mol. The van der Waals surface area contributed by atoms with Crippen molar-refractivity contribution >= 4 is 52.3 Å². The summed E-state index contributed by atoms with van der Waals surface area (Å²) in [5.74, 6) is 0.248. The summed E-state index contributed by atoms with van der Waals surface area (Å²) in [6.45, 7) is 0. The van der Waals surface area contributed by atoms with E-state index in [2.05, 4.69) is 25.8 Å². The summed E-state index contributed by atoms with van der Waals surface area (Å²) < 4.78 is 4.71. The molecule has 0 amide bonds. The Hall–Kier alpha value is -2.90. The number of carbonyl (C=O) groups is 1. The van der Waals surface area contributed by atoms with Crippen LogP contribution in [0.25, 0.3) is 0 Å². The summed E-state index contributed by atoms with van der Waals surface area (Å²) in [6.07, 6.45) is 1.45. The second kappa shape index (κ2) is 7.99. The first kappa shape index (κ1) is 17.9. The molecule has 2 aromatic carbocycles. The molecule has 0 aliphatic heterocycles. The molecule has 0 spiro atoms. The lowest BCUT2D eigenvalue weighted by Crippen LogP contribution is -2.04. The number of rotatable bonds is 5. The topological polar surface area (TPSA) is 89.0 Å². The highest BCUT2D eigenvalue weighted by Crippen LogP contribution is 2.31. The lowest BCUT2D eigenvalue weighted by Gasteiger charge is -2.10. The van der Waals surface area contributed by atoms with Crippen molar-refractivity contribution in [3.05, 3.63) is 64.3 Å². The van der Waals surface area contributed by atoms with E-state index in [1.54, 1.807) is 42.5 Å². The molecule has 0 unspecified atom stereocenters. The molecule has 0 aliphatic rings. The Morgan fingerprint density at radius 3 is 2.73 bits per heavy atom. The van der Waals surface area contributed by atoms with E-state index in [1.165, 1.54) is 13.3 Å². The predicted molar refractivity (Wildman–Crippen MR) is 101 cm³/mol. The fraction of sp³-hybridized carbons (Fsp3) is 0.0588. The van der Waals surface area contributed by atoms with Gasteiger partial charge in [-0.2, -0.15) is 10.1 Å². The van der Waals surface area contributed by atoms with Crippen LogP contribution in [0.15, 0.2) is 48.7 Å². The summed E-state index contributed by atoms with van der Waals surface area (Å²) in [4.78, 5) is 15.9. The van der Waals surface area contributed by atoms with Crippen LogP contribution in [0.4, 0.5) is 23.1 Å². The molecule has 0 radical (unpaired) electrons. The van der Waals surface area contributed by atoms with Crippen LogP contribution in [0, 0.1) is 0 Å². The molecule has 2 N–H and O–H groups in total. The quantitative estimate of drug-likeness (QED) is 0.622. The van der Waals surface area contributed by atoms with Gasteiger partial charge in [0.25, 0.3) is 0 Å². The number of ether oxygens (including phenoxy) is 1. The fourth-order valence-electron chi connectivity index (χ4n) is 2.13. The minimum absolute atomic E-state index is 0.239. The standard InChI is InChI=1S/C17H13Cl2N5O2/c1-26-16(25)10-4-2-5-11(8-10)21-14-9-20-24-17(23-14)22-13-7-3-6-12(18)15(13)19/h2-9H,1H3,(H2,21,22,23,24). The molecule has 26 heavy (non-hydrogen) atoms. The average Bonchev–Trinajstić information content (AvgIpc) is 2.65. The van der Waals surface area contributed by atoms with Gasteiger partial charge in [-0.25, -0.2) is 4.79 Å². The molecule has 0 atom stereocenters. The monoisotopic (exact) mass is 389 g/mol. The Morgan fingerprint density at radius 2 is 1.92 bits per heavy atom. The molecule has 0 fully saturated rings. The van der Waals surface area contributed by atoms with Crippen molar-refractivity contribution in [3.8, 4) is 0 Å². The minimum Gasteiger partial charge on any atom is -0.465 e. The summed E-state index contributed by atoms with van der Waals surface area (Å²) >= 11 is 12.1. The Labute approximate surface area is 159 Å². The van der Waals surface area contributed by atoms with Crippen molar-refractivity contribution < 1.29 is 9.53 Å². The first-order valence-electron chi connectivity index (χ1n) is 7.43. The Morgan fingerprint density at radius 1 is 1.12 bits per heavy atom. The van der Waals surface area contributed by atoms with Gasteiger partial charge in [0.15, 0.2) is 5.82 Å². The highest BCUT2D eigenvalue weighted by atomic mass is 35.5. The molecule has 0 saturated carbocycles. The third-order valence-corrected chi connectivity index (χ3v) is 4.13. The maximum Gasteiger partial charge on any atom is 0.337 e. The summed E-state index contributed by atoms with van der Waals surface area (Å²) in [5.41, 5.74) is 1.63. The van der Waals surface area contributed by atoms with Crippen LogP contribution >= 0.6 is 23.2 Å². The van der Waals surface area contributed by atoms with Crippen LogP contribution in [0.3, 0.4) is 0 Å². The van der Waals surface area contributed by atoms with Gasteiger partial charge in [-0.05, 0) is 30.3 Å². The molecule has 3 rings (SSSR count). The van der Waals surface area contributed by atoms with Gasteiger partial charge in [0.2, 0.25) is 5.95 Å². The number of aromatic nitrogens is 3. The lowest BCUT2D eigenvalue weighted by molar-refractivity contribution is 0.0601. The summed E-state index contributed by atoms with van der Waals surface area (Å²) in [6, 6.07) is 12.0. The zero-order chi connectivity index (χ0) is 18.5. The number of carbonyl (C=O) groups excluding carboxylic acids is 1. The Kier molecular flexibility index (Phi) is 5.50. The van der Waals surface area contributed by atoms with Gasteiger partial charge in [-0.3, -0.25) is 0 Å². The van der Waals surface area contributed by atoms with Crippen molar-refractivity contribution in [1.29, 1.82) is 0 Å². The first-order valence-corrected chi connectivity index (χ1v) is 8.18. The lowest BCUT2D eigenvalue weighted by atomic mass is 10.2. The zero-order valence-electron chi connectivity index (χ0n) is 13.5. The van der Waals surface area contributed by atoms with Crippen LogP contribution in [-0.2, 0) is 4.74 Å². The maximum absolute atomic E-state index is 11.6. The number of halogens is 2. The Balaban J connectivity index is 1.80. The molecule has 0 aliphatic carbocycles. The molecule has 0 saturated heterocycles. The average molecular weight is 390 g/mol. The van der Waals surface area contributed by atoms with Crippen molar-refractivity contribution in [2.75, 3.05) is 17.7 Å². The Bertz CT molecular complexity index is 952. The van der Waals surface area contributed by atoms with E-state index in [0.29, 0.717) is 32.8 Å². The van der Waals surface area contributed by atoms with E-state index in [-0.39, 0.29) is 5.95 Å². The minimum atomic E-state index is -0.424. The van der Waals surface area contributed by atoms with Crippen LogP contribution in [-0.4, -0.2) is 28.3 Å². The van der Waals surface area contributed by atoms with Crippen molar-refractivity contribution in [3.63, 3.8) is 0 Å². The van der Waals surface area contributed by atoms with Crippen molar-refractivity contribution in [1.82, 2.24) is 15.2 Å². The molecular formula is C17H13Cl2N5O2. The number of anilines is 4. The van der Waals surface area contributed by atoms with Crippen LogP contribution in [0.5, 0.6) is 0 Å². The van der Waals surface area contributed by atoms with E-state index in [4.69, 9.17) is 27.9 Å². The van der Waals surface area contributed by atoms with Crippen molar-refractivity contribution in [2.45, 2.75) is 0 Å². The number of benzene rings is 2. The predicted octanol–water partition coefficient (Wildman–Crippen LogP) is 4.45. The fourth-order valence-corrected chi connectivity index (χ4v) is 2.47. The van der Waals surface area contributed by atoms with Gasteiger partial charge < -0.3 is 15.4 Å². The summed E-state index contributed by atoms with van der Waals surface area (Å²) in [5, 5.41) is 14.6. The zero-order valence-corrected chi connectivity index (χ0v) is 15.0. The summed E-state index contributed by atoms with van der Waals surface area (Å²) in [7, 11) is 1.33. The molecule has 7 nitrogen and oxygen atoms in total. The second-order valence-electron chi connectivity index (χ2n) is 5.09. The van der Waals surface area contributed by atoms with Gasteiger partial charge in [-0.1, -0.05) is 35.3 Å². The highest BCUT2D eigenvalue weighted by molar-refractivity contribution is 6.43. The highest BCUT2D eigenvalue weighted by Gasteiger charge is 2.09. The smallest absolute Gasteiger partial charge is 0.337 e. The third kappa shape index (κ3) is 4.19. The molecule has 1 heterocycles. The molecule has 9 heteroatoms. The molecule has 1 aromatic heterocycles. The van der Waals surface area contributed by atoms with Crippen LogP contribution in [0.2, 0.25) is 10.0 Å². The number of esters is 1.